The van der Waals surface area contributed by atoms with Crippen molar-refractivity contribution in [1.82, 2.24) is 0 Å². The third-order valence-electron chi connectivity index (χ3n) is 5.19. The molecule has 0 atom stereocenters. The molecule has 0 N–H and O–H groups in total. The fourth-order valence-electron chi connectivity index (χ4n) is 3.47. The van der Waals surface area contributed by atoms with Gasteiger partial charge in [0, 0.05) is 6.42 Å². The van der Waals surface area contributed by atoms with Crippen LogP contribution in [0.25, 0.3) is 0 Å². The van der Waals surface area contributed by atoms with Gasteiger partial charge in [-0.05, 0) is 31.1 Å². The summed E-state index contributed by atoms with van der Waals surface area (Å²) in [6.07, 6.45) is 17.6. The SMILES string of the molecule is CCCCCCC(CC)(CCCCCC)CCCC(=O)O[SiH3]. The van der Waals surface area contributed by atoms with Gasteiger partial charge in [-0.2, -0.15) is 0 Å². The van der Waals surface area contributed by atoms with Crippen molar-refractivity contribution in [1.29, 1.82) is 0 Å². The minimum absolute atomic E-state index is 0.00800. The van der Waals surface area contributed by atoms with E-state index < -0.39 is 0 Å². The van der Waals surface area contributed by atoms with Crippen LogP contribution in [-0.2, 0) is 9.22 Å². The molecule has 0 fully saturated rings. The number of hydrogen-bond acceptors (Lipinski definition) is 2. The number of rotatable bonds is 15. The Morgan fingerprint density at radius 1 is 0.818 bits per heavy atom. The Morgan fingerprint density at radius 2 is 1.32 bits per heavy atom. The molecule has 0 saturated heterocycles. The maximum atomic E-state index is 11.4. The quantitative estimate of drug-likeness (QED) is 0.300. The average Bonchev–Trinajstić information content (AvgIpc) is 2.54. The molecule has 22 heavy (non-hydrogen) atoms. The Labute approximate surface area is 142 Å². The highest BCUT2D eigenvalue weighted by Gasteiger charge is 2.26. The van der Waals surface area contributed by atoms with Crippen molar-refractivity contribution in [2.75, 3.05) is 0 Å². The fraction of sp³-hybridized carbons (Fsp3) is 0.947. The van der Waals surface area contributed by atoms with Gasteiger partial charge >= 0.3 is 0 Å². The lowest BCUT2D eigenvalue weighted by Gasteiger charge is -2.33. The third-order valence-corrected chi connectivity index (χ3v) is 5.64. The van der Waals surface area contributed by atoms with Gasteiger partial charge in [-0.1, -0.05) is 78.6 Å². The summed E-state index contributed by atoms with van der Waals surface area (Å²) in [4.78, 5) is 11.4. The zero-order valence-electron chi connectivity index (χ0n) is 15.7. The summed E-state index contributed by atoms with van der Waals surface area (Å²) in [6.45, 7) is 6.90. The normalized spacial score (nSPS) is 11.8. The second-order valence-electron chi connectivity index (χ2n) is 6.90. The average molecular weight is 329 g/mol. The first-order chi connectivity index (χ1) is 10.6. The van der Waals surface area contributed by atoms with Crippen molar-refractivity contribution in [2.45, 2.75) is 111 Å². The topological polar surface area (TPSA) is 26.3 Å². The van der Waals surface area contributed by atoms with Crippen LogP contribution in [0.5, 0.6) is 0 Å². The molecular weight excluding hydrogens is 288 g/mol. The van der Waals surface area contributed by atoms with Crippen LogP contribution < -0.4 is 0 Å². The first kappa shape index (κ1) is 21.7. The Kier molecular flexibility index (Phi) is 14.1. The summed E-state index contributed by atoms with van der Waals surface area (Å²) >= 11 is 0. The molecule has 0 aromatic rings. The third kappa shape index (κ3) is 10.4. The maximum absolute atomic E-state index is 11.4. The molecule has 132 valence electrons. The second kappa shape index (κ2) is 14.3. The number of carbonyl (C=O) groups is 1. The van der Waals surface area contributed by atoms with Crippen molar-refractivity contribution in [3.05, 3.63) is 0 Å². The van der Waals surface area contributed by atoms with Gasteiger partial charge in [-0.3, -0.25) is 4.79 Å². The predicted octanol–water partition coefficient (Wildman–Crippen LogP) is 5.32. The van der Waals surface area contributed by atoms with Crippen molar-refractivity contribution >= 4 is 16.5 Å². The first-order valence-corrected chi connectivity index (χ1v) is 10.5. The van der Waals surface area contributed by atoms with Crippen LogP contribution in [0.3, 0.4) is 0 Å². The molecule has 0 unspecified atom stereocenters. The molecule has 0 aromatic heterocycles. The van der Waals surface area contributed by atoms with E-state index in [0.29, 0.717) is 22.3 Å². The lowest BCUT2D eigenvalue weighted by Crippen LogP contribution is -2.21. The summed E-state index contributed by atoms with van der Waals surface area (Å²) < 4.78 is 4.92. The lowest BCUT2D eigenvalue weighted by atomic mass is 9.72. The Bertz CT molecular complexity index is 254. The van der Waals surface area contributed by atoms with Crippen LogP contribution >= 0.6 is 0 Å². The van der Waals surface area contributed by atoms with Crippen LogP contribution in [0.1, 0.15) is 111 Å². The van der Waals surface area contributed by atoms with Gasteiger partial charge in [0.05, 0.1) is 0 Å². The first-order valence-electron chi connectivity index (χ1n) is 9.71. The van der Waals surface area contributed by atoms with E-state index in [1.54, 1.807) is 0 Å². The van der Waals surface area contributed by atoms with E-state index in [9.17, 15) is 4.79 Å². The summed E-state index contributed by atoms with van der Waals surface area (Å²) in [5.74, 6) is 0.00800. The lowest BCUT2D eigenvalue weighted by molar-refractivity contribution is -0.134. The fourth-order valence-corrected chi connectivity index (χ4v) is 3.67. The molecule has 0 radical (unpaired) electrons. The Balaban J connectivity index is 4.36. The molecule has 0 amide bonds. The number of carbonyl (C=O) groups excluding carboxylic acids is 1. The molecule has 0 bridgehead atoms. The molecule has 0 spiro atoms. The Hall–Kier alpha value is -0.313. The standard InChI is InChI=1S/C19H40O2Si/c1-4-7-9-11-15-19(6-3,16-12-10-8-5-2)17-13-14-18(20)21-22/h4-17H2,1-3,22H3. The second-order valence-corrected chi connectivity index (χ2v) is 7.31. The molecular formula is C19H40O2Si. The largest absolute Gasteiger partial charge is 0.529 e. The molecule has 0 saturated carbocycles. The van der Waals surface area contributed by atoms with Gasteiger partial charge in [-0.15, -0.1) is 0 Å². The summed E-state index contributed by atoms with van der Waals surface area (Å²) in [5.41, 5.74) is 0.479. The molecule has 0 rings (SSSR count). The van der Waals surface area contributed by atoms with Crippen LogP contribution in [0, 0.1) is 5.41 Å². The highest BCUT2D eigenvalue weighted by molar-refractivity contribution is 6.05. The molecule has 0 aromatic carbocycles. The van der Waals surface area contributed by atoms with Gasteiger partial charge in [0.25, 0.3) is 5.97 Å². The van der Waals surface area contributed by atoms with E-state index >= 15 is 0 Å². The Morgan fingerprint density at radius 3 is 1.73 bits per heavy atom. The van der Waals surface area contributed by atoms with Gasteiger partial charge in [0.2, 0.25) is 10.5 Å². The zero-order chi connectivity index (χ0) is 16.7. The van der Waals surface area contributed by atoms with Gasteiger partial charge in [0.1, 0.15) is 0 Å². The minimum atomic E-state index is 0.00800. The van der Waals surface area contributed by atoms with Crippen molar-refractivity contribution in [3.8, 4) is 0 Å². The summed E-state index contributed by atoms with van der Waals surface area (Å²) in [7, 11) is 0.535. The number of hydrogen-bond donors (Lipinski definition) is 0. The van der Waals surface area contributed by atoms with Crippen LogP contribution in [0.2, 0.25) is 0 Å². The predicted molar refractivity (Wildman–Crippen MR) is 100 cm³/mol. The van der Waals surface area contributed by atoms with Crippen molar-refractivity contribution < 1.29 is 9.22 Å². The van der Waals surface area contributed by atoms with Gasteiger partial charge in [-0.25, -0.2) is 0 Å². The summed E-state index contributed by atoms with van der Waals surface area (Å²) in [5, 5.41) is 0. The van der Waals surface area contributed by atoms with Crippen LogP contribution in [0.4, 0.5) is 0 Å². The van der Waals surface area contributed by atoms with E-state index in [4.69, 9.17) is 4.43 Å². The highest BCUT2D eigenvalue weighted by atomic mass is 28.2. The smallest absolute Gasteiger partial charge is 0.291 e. The van der Waals surface area contributed by atoms with E-state index in [0.717, 1.165) is 6.42 Å². The molecule has 3 heteroatoms. The van der Waals surface area contributed by atoms with E-state index in [-0.39, 0.29) is 5.97 Å². The van der Waals surface area contributed by atoms with Crippen molar-refractivity contribution in [3.63, 3.8) is 0 Å². The van der Waals surface area contributed by atoms with E-state index in [1.807, 2.05) is 0 Å². The molecule has 0 aliphatic carbocycles. The zero-order valence-corrected chi connectivity index (χ0v) is 17.7. The van der Waals surface area contributed by atoms with Crippen LogP contribution in [0.15, 0.2) is 0 Å². The van der Waals surface area contributed by atoms with Crippen LogP contribution in [-0.4, -0.2) is 16.5 Å². The molecule has 2 nitrogen and oxygen atoms in total. The van der Waals surface area contributed by atoms with Gasteiger partial charge in [0.15, 0.2) is 0 Å². The van der Waals surface area contributed by atoms with Crippen molar-refractivity contribution in [2.24, 2.45) is 5.41 Å². The summed E-state index contributed by atoms with van der Waals surface area (Å²) in [6, 6.07) is 0. The highest BCUT2D eigenvalue weighted by Crippen LogP contribution is 2.40. The molecule has 0 aliphatic heterocycles. The van der Waals surface area contributed by atoms with Gasteiger partial charge < -0.3 is 4.43 Å². The molecule has 0 aliphatic rings. The monoisotopic (exact) mass is 328 g/mol. The minimum Gasteiger partial charge on any atom is -0.529 e. The molecule has 0 heterocycles. The van der Waals surface area contributed by atoms with E-state index in [2.05, 4.69) is 20.8 Å². The number of unbranched alkanes of at least 4 members (excludes halogenated alkanes) is 6. The van der Waals surface area contributed by atoms with E-state index in [1.165, 1.54) is 77.0 Å². The maximum Gasteiger partial charge on any atom is 0.291 e.